The summed E-state index contributed by atoms with van der Waals surface area (Å²) in [6, 6.07) is 7.47. The van der Waals surface area contributed by atoms with E-state index in [1.807, 2.05) is 18.2 Å². The van der Waals surface area contributed by atoms with Crippen molar-refractivity contribution in [2.24, 2.45) is 0 Å². The van der Waals surface area contributed by atoms with Crippen molar-refractivity contribution in [3.8, 4) is 45.7 Å². The van der Waals surface area contributed by atoms with Gasteiger partial charge in [0.15, 0.2) is 11.5 Å². The highest BCUT2D eigenvalue weighted by Crippen LogP contribution is 2.35. The van der Waals surface area contributed by atoms with Gasteiger partial charge in [0, 0.05) is 17.3 Å². The zero-order valence-electron chi connectivity index (χ0n) is 14.6. The Morgan fingerprint density at radius 1 is 1.07 bits per heavy atom. The van der Waals surface area contributed by atoms with Crippen LogP contribution in [0.25, 0.3) is 26.8 Å². The lowest BCUT2D eigenvalue weighted by Gasteiger charge is -2.07. The van der Waals surface area contributed by atoms with Crippen LogP contribution in [0.1, 0.15) is 5.56 Å². The quantitative estimate of drug-likeness (QED) is 0.550. The van der Waals surface area contributed by atoms with E-state index in [4.69, 9.17) is 26.7 Å². The molecule has 0 spiro atoms. The van der Waals surface area contributed by atoms with Crippen LogP contribution in [-0.2, 0) is 0 Å². The standard InChI is InChI=1S/C19H15N5O2S/c1-4-11-7-13(9-21-17(11)20)14-10-22-19-24(14)23-18(27-19)12-5-6-15(25-2)16(8-12)26-3/h1,5-10H,2-3H3,(H2,20,21). The number of nitrogens with two attached hydrogens (primary N) is 1. The summed E-state index contributed by atoms with van der Waals surface area (Å²) in [4.78, 5) is 9.36. The second kappa shape index (κ2) is 6.63. The summed E-state index contributed by atoms with van der Waals surface area (Å²) < 4.78 is 12.4. The number of hydrogen-bond donors (Lipinski definition) is 1. The van der Waals surface area contributed by atoms with Gasteiger partial charge in [0.25, 0.3) is 0 Å². The van der Waals surface area contributed by atoms with Crippen LogP contribution in [0.2, 0.25) is 0 Å². The summed E-state index contributed by atoms with van der Waals surface area (Å²) in [7, 11) is 3.21. The highest BCUT2D eigenvalue weighted by Gasteiger charge is 2.15. The normalized spacial score (nSPS) is 10.7. The molecular formula is C19H15N5O2S. The maximum atomic E-state index is 5.79. The number of fused-ring (bicyclic) bond motifs is 1. The van der Waals surface area contributed by atoms with Gasteiger partial charge in [-0.3, -0.25) is 0 Å². The molecule has 3 heterocycles. The number of ether oxygens (including phenoxy) is 2. The zero-order valence-corrected chi connectivity index (χ0v) is 15.4. The van der Waals surface area contributed by atoms with E-state index in [1.165, 1.54) is 11.3 Å². The molecule has 7 nitrogen and oxygen atoms in total. The number of imidazole rings is 1. The molecule has 134 valence electrons. The third kappa shape index (κ3) is 2.84. The molecular weight excluding hydrogens is 362 g/mol. The van der Waals surface area contributed by atoms with Gasteiger partial charge in [-0.15, -0.1) is 6.42 Å². The van der Waals surface area contributed by atoms with E-state index >= 15 is 0 Å². The third-order valence-corrected chi connectivity index (χ3v) is 5.06. The summed E-state index contributed by atoms with van der Waals surface area (Å²) in [5, 5.41) is 5.50. The molecule has 8 heteroatoms. The molecule has 0 saturated carbocycles. The van der Waals surface area contributed by atoms with Gasteiger partial charge in [0.05, 0.1) is 31.7 Å². The lowest BCUT2D eigenvalue weighted by Crippen LogP contribution is -1.96. The second-order valence-corrected chi connectivity index (χ2v) is 6.57. The SMILES string of the molecule is C#Cc1cc(-c2cnc3sc(-c4ccc(OC)c(OC)c4)nn23)cnc1N. The van der Waals surface area contributed by atoms with Crippen LogP contribution in [0.5, 0.6) is 11.5 Å². The fourth-order valence-electron chi connectivity index (χ4n) is 2.71. The summed E-state index contributed by atoms with van der Waals surface area (Å²) in [6.07, 6.45) is 8.89. The maximum absolute atomic E-state index is 5.79. The summed E-state index contributed by atoms with van der Waals surface area (Å²) >= 11 is 1.47. The monoisotopic (exact) mass is 377 g/mol. The van der Waals surface area contributed by atoms with Crippen molar-refractivity contribution in [2.75, 3.05) is 20.0 Å². The smallest absolute Gasteiger partial charge is 0.213 e. The van der Waals surface area contributed by atoms with Crippen LogP contribution in [0.3, 0.4) is 0 Å². The van der Waals surface area contributed by atoms with Gasteiger partial charge < -0.3 is 15.2 Å². The predicted octanol–water partition coefficient (Wildman–Crippen LogP) is 3.10. The topological polar surface area (TPSA) is 87.6 Å². The Morgan fingerprint density at radius 2 is 1.89 bits per heavy atom. The molecule has 1 aromatic carbocycles. The molecule has 0 aliphatic carbocycles. The average molecular weight is 377 g/mol. The third-order valence-electron chi connectivity index (χ3n) is 4.09. The number of benzene rings is 1. The van der Waals surface area contributed by atoms with Crippen LogP contribution >= 0.6 is 11.3 Å². The average Bonchev–Trinajstić information content (AvgIpc) is 3.29. The highest BCUT2D eigenvalue weighted by atomic mass is 32.1. The molecule has 0 bridgehead atoms. The molecule has 0 atom stereocenters. The summed E-state index contributed by atoms with van der Waals surface area (Å²) in [6.45, 7) is 0. The number of nitrogen functional groups attached to an aromatic ring is 1. The molecule has 4 rings (SSSR count). The molecule has 0 fully saturated rings. The number of nitrogens with zero attached hydrogens (tertiary/aromatic N) is 4. The van der Waals surface area contributed by atoms with Gasteiger partial charge in [-0.1, -0.05) is 17.3 Å². The fourth-order valence-corrected chi connectivity index (χ4v) is 3.58. The van der Waals surface area contributed by atoms with E-state index in [1.54, 1.807) is 37.2 Å². The number of terminal acetylenes is 1. The number of rotatable bonds is 4. The van der Waals surface area contributed by atoms with Gasteiger partial charge in [0.2, 0.25) is 4.96 Å². The first-order chi connectivity index (χ1) is 13.1. The van der Waals surface area contributed by atoms with E-state index in [9.17, 15) is 0 Å². The molecule has 0 saturated heterocycles. The number of hydrogen-bond acceptors (Lipinski definition) is 7. The highest BCUT2D eigenvalue weighted by molar-refractivity contribution is 7.19. The molecule has 27 heavy (non-hydrogen) atoms. The second-order valence-electron chi connectivity index (χ2n) is 5.62. The maximum Gasteiger partial charge on any atom is 0.213 e. The van der Waals surface area contributed by atoms with Gasteiger partial charge >= 0.3 is 0 Å². The van der Waals surface area contributed by atoms with Gasteiger partial charge in [-0.05, 0) is 24.3 Å². The minimum absolute atomic E-state index is 0.325. The Hall–Kier alpha value is -3.57. The van der Waals surface area contributed by atoms with Gasteiger partial charge in [-0.25, -0.2) is 14.5 Å². The van der Waals surface area contributed by atoms with E-state index in [0.29, 0.717) is 22.9 Å². The van der Waals surface area contributed by atoms with E-state index < -0.39 is 0 Å². The molecule has 0 aliphatic rings. The molecule has 0 aliphatic heterocycles. The Labute approximate surface area is 159 Å². The van der Waals surface area contributed by atoms with Crippen LogP contribution in [0.15, 0.2) is 36.7 Å². The number of anilines is 1. The van der Waals surface area contributed by atoms with Crippen molar-refractivity contribution in [1.82, 2.24) is 19.6 Å². The lowest BCUT2D eigenvalue weighted by atomic mass is 10.1. The number of pyridine rings is 1. The molecule has 0 amide bonds. The van der Waals surface area contributed by atoms with Crippen molar-refractivity contribution >= 4 is 22.1 Å². The Balaban J connectivity index is 1.80. The molecule has 4 aromatic rings. The van der Waals surface area contributed by atoms with Gasteiger partial charge in [0.1, 0.15) is 10.8 Å². The first kappa shape index (κ1) is 16.9. The lowest BCUT2D eigenvalue weighted by molar-refractivity contribution is 0.355. The fraction of sp³-hybridized carbons (Fsp3) is 0.105. The van der Waals surface area contributed by atoms with E-state index in [0.717, 1.165) is 26.8 Å². The number of methoxy groups -OCH3 is 2. The van der Waals surface area contributed by atoms with Crippen molar-refractivity contribution in [1.29, 1.82) is 0 Å². The van der Waals surface area contributed by atoms with Crippen molar-refractivity contribution in [3.05, 3.63) is 42.2 Å². The van der Waals surface area contributed by atoms with Crippen molar-refractivity contribution in [3.63, 3.8) is 0 Å². The van der Waals surface area contributed by atoms with E-state index in [-0.39, 0.29) is 0 Å². The van der Waals surface area contributed by atoms with Crippen LogP contribution in [0.4, 0.5) is 5.82 Å². The zero-order chi connectivity index (χ0) is 19.0. The van der Waals surface area contributed by atoms with E-state index in [2.05, 4.69) is 15.9 Å². The molecule has 2 N–H and O–H groups in total. The van der Waals surface area contributed by atoms with Gasteiger partial charge in [-0.2, -0.15) is 5.10 Å². The first-order valence-corrected chi connectivity index (χ1v) is 8.75. The molecule has 0 unspecified atom stereocenters. The Kier molecular flexibility index (Phi) is 4.14. The van der Waals surface area contributed by atoms with Crippen LogP contribution in [0, 0.1) is 12.3 Å². The van der Waals surface area contributed by atoms with Crippen molar-refractivity contribution < 1.29 is 9.47 Å². The first-order valence-electron chi connectivity index (χ1n) is 7.94. The minimum Gasteiger partial charge on any atom is -0.493 e. The van der Waals surface area contributed by atoms with Crippen LogP contribution in [-0.4, -0.2) is 33.8 Å². The number of aromatic nitrogens is 4. The summed E-state index contributed by atoms with van der Waals surface area (Å²) in [5.74, 6) is 4.17. The Morgan fingerprint density at radius 3 is 2.63 bits per heavy atom. The van der Waals surface area contributed by atoms with Crippen LogP contribution < -0.4 is 15.2 Å². The summed E-state index contributed by atoms with van der Waals surface area (Å²) in [5.41, 5.74) is 8.82. The minimum atomic E-state index is 0.325. The largest absolute Gasteiger partial charge is 0.493 e. The Bertz CT molecular complexity index is 1190. The molecule has 0 radical (unpaired) electrons. The predicted molar refractivity (Wildman–Crippen MR) is 105 cm³/mol. The molecule has 3 aromatic heterocycles. The van der Waals surface area contributed by atoms with Crippen molar-refractivity contribution in [2.45, 2.75) is 0 Å².